The minimum Gasteiger partial charge on any atom is -0.365 e. The van der Waals surface area contributed by atoms with Crippen molar-refractivity contribution in [2.45, 2.75) is 0 Å². The summed E-state index contributed by atoms with van der Waals surface area (Å²) in [4.78, 5) is 12.3. The molecule has 0 unspecified atom stereocenters. The van der Waals surface area contributed by atoms with Crippen molar-refractivity contribution in [2.24, 2.45) is 0 Å². The average Bonchev–Trinajstić information content (AvgIpc) is 2.48. The molecule has 0 amide bonds. The fourth-order valence-electron chi connectivity index (χ4n) is 1.37. The second kappa shape index (κ2) is 8.98. The zero-order valence-electron chi connectivity index (χ0n) is 10.9. The molecule has 0 saturated heterocycles. The molecule has 1 aromatic rings. The third-order valence-corrected chi connectivity index (χ3v) is 2.81. The predicted octanol–water partition coefficient (Wildman–Crippen LogP) is -0.399. The quantitative estimate of drug-likeness (QED) is 0.243. The van der Waals surface area contributed by atoms with E-state index in [1.165, 1.54) is 36.4 Å². The van der Waals surface area contributed by atoms with Gasteiger partial charge in [-0.1, -0.05) is 33.6 Å². The molecular weight excluding hydrogens is 343 g/mol. The number of carbonyl (C=O) groups is 1. The van der Waals surface area contributed by atoms with Crippen molar-refractivity contribution in [3.05, 3.63) is 51.4 Å². The van der Waals surface area contributed by atoms with E-state index in [0.717, 1.165) is 4.47 Å². The molecule has 0 aliphatic heterocycles. The third-order valence-electron chi connectivity index (χ3n) is 2.28. The van der Waals surface area contributed by atoms with E-state index in [0.29, 0.717) is 0 Å². The van der Waals surface area contributed by atoms with E-state index < -0.39 is 22.8 Å². The Bertz CT molecular complexity index is 712. The van der Waals surface area contributed by atoms with Gasteiger partial charge in [-0.2, -0.15) is 0 Å². The fraction of sp³-hybridized carbons (Fsp3) is 0. The van der Waals surface area contributed by atoms with Crippen LogP contribution in [0.4, 0.5) is 0 Å². The number of nitriles is 4. The van der Waals surface area contributed by atoms with Crippen molar-refractivity contribution >= 4 is 21.7 Å². The number of halogens is 1. The van der Waals surface area contributed by atoms with Gasteiger partial charge in [-0.05, 0) is 17.7 Å². The number of rotatable bonds is 3. The average molecular weight is 347 g/mol. The number of carbonyl (C=O) groups excluding carboxylic acids is 1. The van der Waals surface area contributed by atoms with Crippen LogP contribution in [0, 0.1) is 51.2 Å². The van der Waals surface area contributed by atoms with Crippen molar-refractivity contribution < 1.29 is 34.4 Å². The zero-order valence-corrected chi connectivity index (χ0v) is 14.5. The van der Waals surface area contributed by atoms with Crippen LogP contribution < -0.4 is 29.6 Å². The van der Waals surface area contributed by atoms with Crippen LogP contribution in [0.25, 0.3) is 0 Å². The molecule has 1 aromatic carbocycles. The van der Waals surface area contributed by atoms with Crippen LogP contribution in [0.15, 0.2) is 39.9 Å². The first-order chi connectivity index (χ1) is 9.58. The molecule has 0 aromatic heterocycles. The van der Waals surface area contributed by atoms with Gasteiger partial charge in [0.15, 0.2) is 0 Å². The largest absolute Gasteiger partial charge is 1.00 e. The van der Waals surface area contributed by atoms with Crippen molar-refractivity contribution in [3.63, 3.8) is 0 Å². The van der Waals surface area contributed by atoms with Gasteiger partial charge in [0.05, 0.1) is 5.78 Å². The minimum atomic E-state index is -0.714. The Hall–Kier alpha value is -2.06. The van der Waals surface area contributed by atoms with E-state index >= 15 is 0 Å². The van der Waals surface area contributed by atoms with E-state index in [2.05, 4.69) is 15.9 Å². The van der Waals surface area contributed by atoms with E-state index in [9.17, 15) is 4.79 Å². The number of benzene rings is 1. The summed E-state index contributed by atoms with van der Waals surface area (Å²) in [5.41, 5.74) is -0.854. The van der Waals surface area contributed by atoms with Gasteiger partial charge in [0.25, 0.3) is 0 Å². The number of nitrogens with zero attached hydrogens (tertiary/aromatic N) is 4. The van der Waals surface area contributed by atoms with Crippen molar-refractivity contribution in [3.8, 4) is 24.3 Å². The Morgan fingerprint density at radius 1 is 1.00 bits per heavy atom. The number of allylic oxidation sites excluding steroid dienone is 2. The Balaban J connectivity index is 0.00000400. The van der Waals surface area contributed by atoms with Gasteiger partial charge in [0, 0.05) is 40.2 Å². The maximum Gasteiger partial charge on any atom is 1.00 e. The topological polar surface area (TPSA) is 112 Å². The van der Waals surface area contributed by atoms with Crippen molar-refractivity contribution in [1.82, 2.24) is 0 Å². The van der Waals surface area contributed by atoms with Gasteiger partial charge in [0.1, 0.15) is 0 Å². The molecule has 0 heterocycles. The molecule has 0 aliphatic carbocycles. The van der Waals surface area contributed by atoms with Gasteiger partial charge in [-0.15, -0.1) is 0 Å². The molecule has 0 bridgehead atoms. The molecule has 21 heavy (non-hydrogen) atoms. The van der Waals surface area contributed by atoms with Crippen LogP contribution in [0.1, 0.15) is 10.4 Å². The summed E-state index contributed by atoms with van der Waals surface area (Å²) in [5.74, 6) is -1.27. The molecule has 0 radical (unpaired) electrons. The van der Waals surface area contributed by atoms with Gasteiger partial charge in [-0.3, -0.25) is 0 Å². The third kappa shape index (κ3) is 4.47. The fourth-order valence-corrected chi connectivity index (χ4v) is 1.64. The van der Waals surface area contributed by atoms with E-state index in [1.54, 1.807) is 12.1 Å². The van der Waals surface area contributed by atoms with Crippen LogP contribution >= 0.6 is 15.9 Å². The molecule has 0 aliphatic rings. The molecule has 94 valence electrons. The van der Waals surface area contributed by atoms with Crippen LogP contribution in [0.5, 0.6) is 0 Å². The van der Waals surface area contributed by atoms with Gasteiger partial charge in [0.2, 0.25) is 0 Å². The second-order valence-corrected chi connectivity index (χ2v) is 4.32. The smallest absolute Gasteiger partial charge is 0.365 e. The number of Topliss-reactive ketones (excluding diaryl/α,β-unsaturated/α-hetero) is 1. The van der Waals surface area contributed by atoms with Crippen molar-refractivity contribution in [1.29, 1.82) is 21.0 Å². The van der Waals surface area contributed by atoms with Gasteiger partial charge >= 0.3 is 29.6 Å². The normalized spacial score (nSPS) is 7.86. The summed E-state index contributed by atoms with van der Waals surface area (Å²) in [5, 5.41) is 35.4. The summed E-state index contributed by atoms with van der Waals surface area (Å²) < 4.78 is 0.741. The molecule has 0 saturated carbocycles. The van der Waals surface area contributed by atoms with E-state index in [1.807, 2.05) is 0 Å². The maximum absolute atomic E-state index is 12.3. The summed E-state index contributed by atoms with van der Waals surface area (Å²) in [6, 6.07) is 12.2. The minimum absolute atomic E-state index is 0. The Morgan fingerprint density at radius 2 is 1.48 bits per heavy atom. The van der Waals surface area contributed by atoms with Crippen molar-refractivity contribution in [2.75, 3.05) is 0 Å². The molecule has 7 heteroatoms. The van der Waals surface area contributed by atoms with Crippen LogP contribution in [0.2, 0.25) is 0 Å². The molecule has 1 rings (SSSR count). The summed E-state index contributed by atoms with van der Waals surface area (Å²) in [6.45, 7) is 0. The van der Waals surface area contributed by atoms with Crippen LogP contribution in [-0.4, -0.2) is 5.78 Å². The summed E-state index contributed by atoms with van der Waals surface area (Å²) in [6.07, 6.45) is 0. The number of hydrogen-bond acceptors (Lipinski definition) is 5. The first-order valence-electron chi connectivity index (χ1n) is 5.11. The molecule has 0 fully saturated rings. The molecular formula is C14H4BrN4NaO. The SMILES string of the molecule is N#CC(C#N)=C(C(=O)c1ccc(Br)cc1)[C-](C#N)C#N.[Na+]. The number of ketones is 1. The Kier molecular flexibility index (Phi) is 8.10. The van der Waals surface area contributed by atoms with E-state index in [-0.39, 0.29) is 35.1 Å². The standard InChI is InChI=1S/C14H4BrN4O.Na/c15-12-3-1-9(2-4-12)14(20)13(10(5-16)6-17)11(7-18)8-19;/h1-4H;/q-1;+1. The zero-order chi connectivity index (χ0) is 15.1. The molecule has 0 spiro atoms. The van der Waals surface area contributed by atoms with Crippen LogP contribution in [0.3, 0.4) is 0 Å². The molecule has 0 atom stereocenters. The number of hydrogen-bond donors (Lipinski definition) is 0. The summed E-state index contributed by atoms with van der Waals surface area (Å²) in [7, 11) is 0. The Labute approximate surface area is 152 Å². The first kappa shape index (κ1) is 18.9. The maximum atomic E-state index is 12.3. The predicted molar refractivity (Wildman–Crippen MR) is 71.2 cm³/mol. The molecule has 5 nitrogen and oxygen atoms in total. The van der Waals surface area contributed by atoms with E-state index in [4.69, 9.17) is 21.0 Å². The van der Waals surface area contributed by atoms with Gasteiger partial charge < -0.3 is 4.79 Å². The first-order valence-corrected chi connectivity index (χ1v) is 5.90. The monoisotopic (exact) mass is 346 g/mol. The summed E-state index contributed by atoms with van der Waals surface area (Å²) >= 11 is 3.21. The Morgan fingerprint density at radius 3 is 1.86 bits per heavy atom. The molecule has 0 N–H and O–H groups in total. The second-order valence-electron chi connectivity index (χ2n) is 3.41. The van der Waals surface area contributed by atoms with Gasteiger partial charge in [-0.25, -0.2) is 21.0 Å². The van der Waals surface area contributed by atoms with Crippen LogP contribution in [-0.2, 0) is 0 Å².